The standard InChI is InChI=1S/C15H15N/c1-11-6-5-9-15-13(10-11)12-7-3-4-8-14(12)16(15)2/h3-11H,1-2H3. The van der Waals surface area contributed by atoms with E-state index in [1.54, 1.807) is 0 Å². The molecule has 80 valence electrons. The van der Waals surface area contributed by atoms with Crippen LogP contribution in [-0.2, 0) is 7.05 Å². The molecule has 0 saturated heterocycles. The summed E-state index contributed by atoms with van der Waals surface area (Å²) in [6.07, 6.45) is 8.94. The third-order valence-electron chi connectivity index (χ3n) is 3.29. The smallest absolute Gasteiger partial charge is 0.0488 e. The molecular formula is C15H15N. The van der Waals surface area contributed by atoms with Crippen LogP contribution in [0, 0.1) is 5.92 Å². The van der Waals surface area contributed by atoms with Crippen LogP contribution < -0.4 is 10.6 Å². The fraction of sp³-hybridized carbons (Fsp3) is 0.200. The van der Waals surface area contributed by atoms with Gasteiger partial charge in [0.15, 0.2) is 0 Å². The number of aromatic nitrogens is 1. The third kappa shape index (κ3) is 1.25. The van der Waals surface area contributed by atoms with Crippen molar-refractivity contribution in [2.24, 2.45) is 13.0 Å². The fourth-order valence-corrected chi connectivity index (χ4v) is 2.46. The maximum absolute atomic E-state index is 2.34. The number of allylic oxidation sites excluding steroid dienone is 2. The van der Waals surface area contributed by atoms with Gasteiger partial charge in [0.2, 0.25) is 0 Å². The highest BCUT2D eigenvalue weighted by Gasteiger charge is 2.05. The van der Waals surface area contributed by atoms with Crippen LogP contribution in [0.4, 0.5) is 0 Å². The average Bonchev–Trinajstić information content (AvgIpc) is 2.47. The van der Waals surface area contributed by atoms with E-state index in [0.29, 0.717) is 5.92 Å². The molecule has 1 heterocycles. The molecule has 0 bridgehead atoms. The van der Waals surface area contributed by atoms with Gasteiger partial charge in [-0.1, -0.05) is 43.4 Å². The van der Waals surface area contributed by atoms with Crippen LogP contribution in [0.15, 0.2) is 36.4 Å². The van der Waals surface area contributed by atoms with Crippen molar-refractivity contribution in [2.75, 3.05) is 0 Å². The minimum absolute atomic E-state index is 0.503. The summed E-state index contributed by atoms with van der Waals surface area (Å²) in [5.41, 5.74) is 1.31. The Bertz CT molecular complexity index is 686. The first-order valence-electron chi connectivity index (χ1n) is 5.71. The third-order valence-corrected chi connectivity index (χ3v) is 3.29. The Morgan fingerprint density at radius 3 is 2.88 bits per heavy atom. The topological polar surface area (TPSA) is 4.93 Å². The first-order valence-corrected chi connectivity index (χ1v) is 5.71. The molecule has 1 aliphatic rings. The largest absolute Gasteiger partial charge is 0.344 e. The number of aryl methyl sites for hydroxylation is 1. The van der Waals surface area contributed by atoms with Gasteiger partial charge < -0.3 is 4.57 Å². The number of fused-ring (bicyclic) bond motifs is 3. The van der Waals surface area contributed by atoms with Crippen LogP contribution in [0.1, 0.15) is 6.92 Å². The zero-order chi connectivity index (χ0) is 11.1. The second-order valence-electron chi connectivity index (χ2n) is 4.45. The summed E-state index contributed by atoms with van der Waals surface area (Å²) in [7, 11) is 2.13. The molecule has 2 aromatic rings. The van der Waals surface area contributed by atoms with Crippen LogP contribution in [0.2, 0.25) is 0 Å². The number of hydrogen-bond acceptors (Lipinski definition) is 0. The fourth-order valence-electron chi connectivity index (χ4n) is 2.46. The van der Waals surface area contributed by atoms with E-state index in [0.717, 1.165) is 0 Å². The lowest BCUT2D eigenvalue weighted by Gasteiger charge is -1.95. The van der Waals surface area contributed by atoms with Crippen molar-refractivity contribution in [1.82, 2.24) is 4.57 Å². The second kappa shape index (κ2) is 3.38. The lowest BCUT2D eigenvalue weighted by molar-refractivity contribution is 0.923. The highest BCUT2D eigenvalue weighted by molar-refractivity contribution is 5.82. The van der Waals surface area contributed by atoms with Gasteiger partial charge in [0, 0.05) is 28.5 Å². The number of benzene rings is 1. The summed E-state index contributed by atoms with van der Waals surface area (Å²) in [4.78, 5) is 0. The molecule has 1 aromatic heterocycles. The monoisotopic (exact) mass is 209 g/mol. The van der Waals surface area contributed by atoms with Gasteiger partial charge in [-0.15, -0.1) is 0 Å². The average molecular weight is 209 g/mol. The molecular weight excluding hydrogens is 194 g/mol. The molecule has 1 nitrogen and oxygen atoms in total. The molecule has 3 rings (SSSR count). The van der Waals surface area contributed by atoms with Crippen LogP contribution in [0.25, 0.3) is 23.1 Å². The Morgan fingerprint density at radius 2 is 2.00 bits per heavy atom. The SMILES string of the molecule is CC1C=CC=c2c(c3ccccc3n2C)=C1. The molecule has 0 N–H and O–H groups in total. The molecule has 0 spiro atoms. The van der Waals surface area contributed by atoms with Gasteiger partial charge >= 0.3 is 0 Å². The zero-order valence-electron chi connectivity index (χ0n) is 9.64. The van der Waals surface area contributed by atoms with E-state index < -0.39 is 0 Å². The van der Waals surface area contributed by atoms with Crippen molar-refractivity contribution >= 4 is 23.1 Å². The predicted octanol–water partition coefficient (Wildman–Crippen LogP) is 1.95. The van der Waals surface area contributed by atoms with Gasteiger partial charge in [0.05, 0.1) is 0 Å². The first kappa shape index (κ1) is 9.46. The van der Waals surface area contributed by atoms with Crippen LogP contribution >= 0.6 is 0 Å². The van der Waals surface area contributed by atoms with Gasteiger partial charge in [-0.2, -0.15) is 0 Å². The van der Waals surface area contributed by atoms with E-state index >= 15 is 0 Å². The van der Waals surface area contributed by atoms with Gasteiger partial charge in [-0.3, -0.25) is 0 Å². The molecule has 1 heteroatoms. The Hall–Kier alpha value is -1.76. The first-order chi connectivity index (χ1) is 7.77. The highest BCUT2D eigenvalue weighted by Crippen LogP contribution is 2.09. The highest BCUT2D eigenvalue weighted by atomic mass is 14.9. The summed E-state index contributed by atoms with van der Waals surface area (Å²) < 4.78 is 2.27. The molecule has 0 aliphatic heterocycles. The molecule has 0 radical (unpaired) electrons. The number of hydrogen-bond donors (Lipinski definition) is 0. The summed E-state index contributed by atoms with van der Waals surface area (Å²) in [6, 6.07) is 8.59. The van der Waals surface area contributed by atoms with Crippen molar-refractivity contribution in [3.05, 3.63) is 47.0 Å². The molecule has 0 fully saturated rings. The molecule has 1 aliphatic carbocycles. The molecule has 16 heavy (non-hydrogen) atoms. The van der Waals surface area contributed by atoms with Gasteiger partial charge in [-0.25, -0.2) is 0 Å². The Morgan fingerprint density at radius 1 is 1.19 bits per heavy atom. The predicted molar refractivity (Wildman–Crippen MR) is 69.4 cm³/mol. The molecule has 1 unspecified atom stereocenters. The summed E-state index contributed by atoms with van der Waals surface area (Å²) in [6.45, 7) is 2.22. The zero-order valence-corrected chi connectivity index (χ0v) is 9.64. The minimum Gasteiger partial charge on any atom is -0.344 e. The second-order valence-corrected chi connectivity index (χ2v) is 4.45. The lowest BCUT2D eigenvalue weighted by Crippen LogP contribution is -2.27. The number of rotatable bonds is 0. The van der Waals surface area contributed by atoms with Crippen molar-refractivity contribution < 1.29 is 0 Å². The quantitative estimate of drug-likeness (QED) is 0.625. The molecule has 1 aromatic carbocycles. The summed E-state index contributed by atoms with van der Waals surface area (Å²) in [5, 5.41) is 4.03. The van der Waals surface area contributed by atoms with E-state index in [-0.39, 0.29) is 0 Å². The van der Waals surface area contributed by atoms with Crippen LogP contribution in [-0.4, -0.2) is 4.57 Å². The maximum atomic E-state index is 2.34. The van der Waals surface area contributed by atoms with E-state index in [1.165, 1.54) is 21.5 Å². The number of nitrogens with zero attached hydrogens (tertiary/aromatic N) is 1. The van der Waals surface area contributed by atoms with E-state index in [4.69, 9.17) is 0 Å². The molecule has 1 atom stereocenters. The van der Waals surface area contributed by atoms with Crippen molar-refractivity contribution in [3.63, 3.8) is 0 Å². The van der Waals surface area contributed by atoms with Crippen molar-refractivity contribution in [3.8, 4) is 0 Å². The Kier molecular flexibility index (Phi) is 2.00. The Labute approximate surface area is 95.0 Å². The Balaban J connectivity index is 2.59. The van der Waals surface area contributed by atoms with Gasteiger partial charge in [-0.05, 0) is 18.1 Å². The maximum Gasteiger partial charge on any atom is 0.0488 e. The summed E-state index contributed by atoms with van der Waals surface area (Å²) >= 11 is 0. The molecule has 0 amide bonds. The summed E-state index contributed by atoms with van der Waals surface area (Å²) in [5.74, 6) is 0.503. The van der Waals surface area contributed by atoms with Crippen molar-refractivity contribution in [2.45, 2.75) is 6.92 Å². The van der Waals surface area contributed by atoms with Crippen LogP contribution in [0.5, 0.6) is 0 Å². The van der Waals surface area contributed by atoms with E-state index in [1.807, 2.05) is 0 Å². The molecule has 0 saturated carbocycles. The minimum atomic E-state index is 0.503. The van der Waals surface area contributed by atoms with Crippen LogP contribution in [0.3, 0.4) is 0 Å². The van der Waals surface area contributed by atoms with Gasteiger partial charge in [0.1, 0.15) is 0 Å². The van der Waals surface area contributed by atoms with Crippen molar-refractivity contribution in [1.29, 1.82) is 0 Å². The van der Waals surface area contributed by atoms with E-state index in [2.05, 4.69) is 67.1 Å². The normalized spacial score (nSPS) is 18.8. The lowest BCUT2D eigenvalue weighted by atomic mass is 10.1. The van der Waals surface area contributed by atoms with E-state index in [9.17, 15) is 0 Å². The number of para-hydroxylation sites is 1. The van der Waals surface area contributed by atoms with Gasteiger partial charge in [0.25, 0.3) is 0 Å².